The van der Waals surface area contributed by atoms with Gasteiger partial charge in [0.15, 0.2) is 5.71 Å². The van der Waals surface area contributed by atoms with Crippen LogP contribution in [0.4, 0.5) is 0 Å². The minimum Gasteiger partial charge on any atom is -0.477 e. The first-order chi connectivity index (χ1) is 8.59. The van der Waals surface area contributed by atoms with Crippen LogP contribution in [0.1, 0.15) is 58.8 Å². The number of carboxylic acid groups (broad SMARTS) is 1. The van der Waals surface area contributed by atoms with Crippen LogP contribution in [0, 0.1) is 11.8 Å². The average molecular weight is 249 g/mol. The normalized spacial score (nSPS) is 20.9. The lowest BCUT2D eigenvalue weighted by molar-refractivity contribution is -0.129. The third-order valence-electron chi connectivity index (χ3n) is 3.99. The highest BCUT2D eigenvalue weighted by Gasteiger charge is 2.32. The van der Waals surface area contributed by atoms with Gasteiger partial charge in [-0.05, 0) is 31.6 Å². The van der Waals surface area contributed by atoms with E-state index in [2.05, 4.69) is 18.8 Å². The molecule has 0 saturated heterocycles. The lowest BCUT2D eigenvalue weighted by atomic mass is 9.81. The second-order valence-corrected chi connectivity index (χ2v) is 5.90. The molecule has 1 saturated carbocycles. The van der Waals surface area contributed by atoms with Gasteiger partial charge < -0.3 is 5.11 Å². The highest BCUT2D eigenvalue weighted by Crippen LogP contribution is 2.38. The average Bonchev–Trinajstić information content (AvgIpc) is 2.28. The number of hydrogen-bond donors (Lipinski definition) is 1. The first kappa shape index (κ1) is 13.3. The maximum atomic E-state index is 11.1. The Morgan fingerprint density at radius 2 is 2.00 bits per heavy atom. The molecule has 0 aromatic carbocycles. The van der Waals surface area contributed by atoms with E-state index in [1.807, 2.05) is 0 Å². The predicted octanol–water partition coefficient (Wildman–Crippen LogP) is 3.80. The number of hydrogen-bond acceptors (Lipinski definition) is 2. The molecule has 0 bridgehead atoms. The summed E-state index contributed by atoms with van der Waals surface area (Å²) in [6, 6.07) is 0. The summed E-state index contributed by atoms with van der Waals surface area (Å²) >= 11 is 0. The van der Waals surface area contributed by atoms with Crippen molar-refractivity contribution in [3.05, 3.63) is 11.3 Å². The molecule has 1 aliphatic heterocycles. The summed E-state index contributed by atoms with van der Waals surface area (Å²) < 4.78 is 0. The Morgan fingerprint density at radius 3 is 2.56 bits per heavy atom. The Kier molecular flexibility index (Phi) is 4.20. The molecule has 2 aliphatic rings. The monoisotopic (exact) mass is 249 g/mol. The molecule has 0 atom stereocenters. The molecule has 1 aliphatic carbocycles. The molecule has 0 aromatic rings. The third kappa shape index (κ3) is 2.82. The van der Waals surface area contributed by atoms with Crippen LogP contribution < -0.4 is 0 Å². The summed E-state index contributed by atoms with van der Waals surface area (Å²) in [6.45, 7) is 4.36. The fraction of sp³-hybridized carbons (Fsp3) is 0.733. The van der Waals surface area contributed by atoms with Crippen LogP contribution in [-0.4, -0.2) is 16.8 Å². The van der Waals surface area contributed by atoms with E-state index in [9.17, 15) is 4.79 Å². The largest absolute Gasteiger partial charge is 0.477 e. The van der Waals surface area contributed by atoms with Gasteiger partial charge in [0.1, 0.15) is 0 Å². The lowest BCUT2D eigenvalue weighted by Crippen LogP contribution is -2.28. The highest BCUT2D eigenvalue weighted by molar-refractivity contribution is 6.45. The van der Waals surface area contributed by atoms with Gasteiger partial charge in [-0.3, -0.25) is 0 Å². The van der Waals surface area contributed by atoms with Crippen LogP contribution in [0.25, 0.3) is 0 Å². The molecule has 0 unspecified atom stereocenters. The van der Waals surface area contributed by atoms with Gasteiger partial charge in [0.2, 0.25) is 0 Å². The van der Waals surface area contributed by atoms with Gasteiger partial charge in [-0.25, -0.2) is 9.79 Å². The molecule has 1 N–H and O–H groups in total. The minimum atomic E-state index is -0.853. The molecule has 18 heavy (non-hydrogen) atoms. The molecule has 100 valence electrons. The van der Waals surface area contributed by atoms with E-state index in [0.29, 0.717) is 17.5 Å². The molecule has 1 heterocycles. The van der Waals surface area contributed by atoms with E-state index in [4.69, 9.17) is 5.11 Å². The van der Waals surface area contributed by atoms with Gasteiger partial charge >= 0.3 is 5.97 Å². The van der Waals surface area contributed by atoms with Crippen molar-refractivity contribution in [3.8, 4) is 0 Å². The Bertz CT molecular complexity index is 387. The van der Waals surface area contributed by atoms with Crippen LogP contribution in [0.3, 0.4) is 0 Å². The Labute approximate surface area is 109 Å². The molecule has 1 fully saturated rings. The molecule has 0 spiro atoms. The number of rotatable bonds is 5. The van der Waals surface area contributed by atoms with Crippen LogP contribution in [0.5, 0.6) is 0 Å². The number of carbonyl (C=O) groups is 1. The number of aliphatic carboxylic acids is 1. The zero-order chi connectivity index (χ0) is 13.1. The van der Waals surface area contributed by atoms with E-state index >= 15 is 0 Å². The predicted molar refractivity (Wildman–Crippen MR) is 72.7 cm³/mol. The highest BCUT2D eigenvalue weighted by atomic mass is 16.4. The standard InChI is InChI=1S/C15H23NO2/c1-10(2)8-9-12-13(16-14(12)15(17)18)11-6-4-3-5-7-11/h10-11H,3-9H2,1-2H3,(H,17,18). The molecular weight excluding hydrogens is 226 g/mol. The van der Waals surface area contributed by atoms with Crippen molar-refractivity contribution < 1.29 is 9.90 Å². The second-order valence-electron chi connectivity index (χ2n) is 5.90. The van der Waals surface area contributed by atoms with E-state index in [1.54, 1.807) is 0 Å². The number of allylic oxidation sites excluding steroid dienone is 1. The Balaban J connectivity index is 2.06. The Morgan fingerprint density at radius 1 is 1.33 bits per heavy atom. The molecule has 3 nitrogen and oxygen atoms in total. The fourth-order valence-corrected chi connectivity index (χ4v) is 2.89. The Hall–Kier alpha value is -1.12. The lowest BCUT2D eigenvalue weighted by Gasteiger charge is -2.30. The molecule has 2 rings (SSSR count). The smallest absolute Gasteiger partial charge is 0.354 e. The van der Waals surface area contributed by atoms with Crippen LogP contribution in [-0.2, 0) is 4.79 Å². The summed E-state index contributed by atoms with van der Waals surface area (Å²) in [5, 5.41) is 9.12. The second kappa shape index (κ2) is 5.68. The van der Waals surface area contributed by atoms with E-state index in [-0.39, 0.29) is 0 Å². The van der Waals surface area contributed by atoms with Gasteiger partial charge in [0.25, 0.3) is 0 Å². The zero-order valence-corrected chi connectivity index (χ0v) is 11.4. The maximum absolute atomic E-state index is 11.1. The van der Waals surface area contributed by atoms with Gasteiger partial charge in [-0.1, -0.05) is 33.1 Å². The van der Waals surface area contributed by atoms with Crippen molar-refractivity contribution in [1.29, 1.82) is 0 Å². The maximum Gasteiger partial charge on any atom is 0.354 e. The SMILES string of the molecule is CC(C)CCC1=C(C2CCCCC2)N=C1C(=O)O. The summed E-state index contributed by atoms with van der Waals surface area (Å²) in [5.41, 5.74) is 2.49. The van der Waals surface area contributed by atoms with Crippen LogP contribution >= 0.6 is 0 Å². The summed E-state index contributed by atoms with van der Waals surface area (Å²) in [7, 11) is 0. The molecule has 0 amide bonds. The van der Waals surface area contributed by atoms with Crippen LogP contribution in [0.2, 0.25) is 0 Å². The minimum absolute atomic E-state index is 0.330. The fourth-order valence-electron chi connectivity index (χ4n) is 2.89. The molecule has 0 radical (unpaired) electrons. The van der Waals surface area contributed by atoms with Crippen molar-refractivity contribution in [1.82, 2.24) is 0 Å². The van der Waals surface area contributed by atoms with E-state index in [0.717, 1.165) is 24.1 Å². The first-order valence-electron chi connectivity index (χ1n) is 7.15. The molecule has 0 aromatic heterocycles. The molecular formula is C15H23NO2. The number of carboxylic acids is 1. The summed E-state index contributed by atoms with van der Waals surface area (Å²) in [6.07, 6.45) is 8.17. The first-order valence-corrected chi connectivity index (χ1v) is 7.15. The van der Waals surface area contributed by atoms with Gasteiger partial charge in [-0.15, -0.1) is 0 Å². The van der Waals surface area contributed by atoms with Gasteiger partial charge in [0, 0.05) is 11.5 Å². The summed E-state index contributed by atoms with van der Waals surface area (Å²) in [5.74, 6) is 0.290. The van der Waals surface area contributed by atoms with Crippen molar-refractivity contribution in [2.75, 3.05) is 0 Å². The zero-order valence-electron chi connectivity index (χ0n) is 11.4. The third-order valence-corrected chi connectivity index (χ3v) is 3.99. The van der Waals surface area contributed by atoms with Crippen molar-refractivity contribution in [2.45, 2.75) is 58.8 Å². The number of aliphatic imine (C=N–C) groups is 1. The topological polar surface area (TPSA) is 49.7 Å². The van der Waals surface area contributed by atoms with Crippen molar-refractivity contribution in [2.24, 2.45) is 16.8 Å². The van der Waals surface area contributed by atoms with E-state index < -0.39 is 5.97 Å². The molecule has 3 heteroatoms. The van der Waals surface area contributed by atoms with Gasteiger partial charge in [-0.2, -0.15) is 0 Å². The van der Waals surface area contributed by atoms with E-state index in [1.165, 1.54) is 32.1 Å². The van der Waals surface area contributed by atoms with Crippen molar-refractivity contribution >= 4 is 11.7 Å². The summed E-state index contributed by atoms with van der Waals surface area (Å²) in [4.78, 5) is 15.4. The quantitative estimate of drug-likeness (QED) is 0.805. The number of nitrogens with zero attached hydrogens (tertiary/aromatic N) is 1. The van der Waals surface area contributed by atoms with Crippen LogP contribution in [0.15, 0.2) is 16.3 Å². The van der Waals surface area contributed by atoms with Gasteiger partial charge in [0.05, 0.1) is 5.70 Å². The van der Waals surface area contributed by atoms with Crippen molar-refractivity contribution in [3.63, 3.8) is 0 Å².